The Morgan fingerprint density at radius 2 is 2.10 bits per heavy atom. The summed E-state index contributed by atoms with van der Waals surface area (Å²) in [5.41, 5.74) is 2.16. The monoisotopic (exact) mass is 334 g/mol. The lowest BCUT2D eigenvalue weighted by molar-refractivity contribution is 0.101. The van der Waals surface area contributed by atoms with Crippen molar-refractivity contribution in [3.63, 3.8) is 0 Å². The molecule has 2 aromatic rings. The van der Waals surface area contributed by atoms with Gasteiger partial charge in [0, 0.05) is 22.1 Å². The van der Waals surface area contributed by atoms with Crippen molar-refractivity contribution in [2.24, 2.45) is 0 Å². The van der Waals surface area contributed by atoms with Crippen LogP contribution in [0.15, 0.2) is 33.3 Å². The number of nitrogens with zero attached hydrogens (tertiary/aromatic N) is 1. The van der Waals surface area contributed by atoms with Crippen LogP contribution in [0.2, 0.25) is 0 Å². The van der Waals surface area contributed by atoms with Gasteiger partial charge in [-0.2, -0.15) is 0 Å². The van der Waals surface area contributed by atoms with E-state index in [0.29, 0.717) is 5.69 Å². The molecule has 1 heterocycles. The number of hydrogen-bond donors (Lipinski definition) is 1. The Hall–Kier alpha value is -1.62. The maximum absolute atomic E-state index is 12.3. The van der Waals surface area contributed by atoms with Gasteiger partial charge in [-0.1, -0.05) is 33.6 Å². The zero-order valence-corrected chi connectivity index (χ0v) is 12.6. The van der Waals surface area contributed by atoms with Crippen LogP contribution < -0.4 is 5.32 Å². The maximum Gasteiger partial charge on any atom is 0.278 e. The molecule has 0 fully saturated rings. The smallest absolute Gasteiger partial charge is 0.278 e. The van der Waals surface area contributed by atoms with Crippen LogP contribution in [-0.4, -0.2) is 11.1 Å². The van der Waals surface area contributed by atoms with Crippen molar-refractivity contribution in [1.29, 1.82) is 0 Å². The van der Waals surface area contributed by atoms with E-state index >= 15 is 0 Å². The van der Waals surface area contributed by atoms with Crippen LogP contribution in [-0.2, 0) is 12.8 Å². The number of amides is 1. The molecule has 1 aromatic heterocycles. The molecule has 0 spiro atoms. The third kappa shape index (κ3) is 2.77. The summed E-state index contributed by atoms with van der Waals surface area (Å²) < 4.78 is 6.25. The average molecular weight is 335 g/mol. The van der Waals surface area contributed by atoms with E-state index in [1.54, 1.807) is 0 Å². The van der Waals surface area contributed by atoms with Gasteiger partial charge in [-0.25, -0.2) is 0 Å². The largest absolute Gasteiger partial charge is 0.360 e. The number of aromatic nitrogens is 1. The Morgan fingerprint density at radius 3 is 2.95 bits per heavy atom. The predicted octanol–water partition coefficient (Wildman–Crippen LogP) is 3.96. The third-order valence-corrected chi connectivity index (χ3v) is 3.99. The van der Waals surface area contributed by atoms with E-state index < -0.39 is 0 Å². The second kappa shape index (κ2) is 5.79. The molecule has 0 radical (unpaired) electrons. The molecule has 1 aliphatic carbocycles. The van der Waals surface area contributed by atoms with Crippen molar-refractivity contribution in [3.8, 4) is 0 Å². The SMILES string of the molecule is O=C(Nc1cccc(Br)c1)c1noc2c1CCCCC2. The quantitative estimate of drug-likeness (QED) is 0.845. The zero-order valence-electron chi connectivity index (χ0n) is 11.0. The lowest BCUT2D eigenvalue weighted by Gasteiger charge is -2.04. The van der Waals surface area contributed by atoms with Crippen LogP contribution in [0, 0.1) is 0 Å². The van der Waals surface area contributed by atoms with E-state index in [4.69, 9.17) is 4.52 Å². The van der Waals surface area contributed by atoms with Crippen molar-refractivity contribution in [3.05, 3.63) is 45.8 Å². The Labute approximate surface area is 125 Å². The van der Waals surface area contributed by atoms with Crippen LogP contribution in [0.3, 0.4) is 0 Å². The number of rotatable bonds is 2. The number of fused-ring (bicyclic) bond motifs is 1. The second-order valence-corrected chi connectivity index (χ2v) is 5.87. The number of nitrogens with one attached hydrogen (secondary N) is 1. The number of anilines is 1. The topological polar surface area (TPSA) is 55.1 Å². The molecule has 4 nitrogen and oxygen atoms in total. The summed E-state index contributed by atoms with van der Waals surface area (Å²) in [6, 6.07) is 7.50. The Balaban J connectivity index is 1.82. The van der Waals surface area contributed by atoms with Crippen LogP contribution >= 0.6 is 15.9 Å². The van der Waals surface area contributed by atoms with E-state index in [1.807, 2.05) is 24.3 Å². The summed E-state index contributed by atoms with van der Waals surface area (Å²) in [4.78, 5) is 12.3. The summed E-state index contributed by atoms with van der Waals surface area (Å²) in [5, 5.41) is 6.82. The molecule has 0 bridgehead atoms. The average Bonchev–Trinajstić information content (AvgIpc) is 2.68. The molecule has 1 amide bonds. The Kier molecular flexibility index (Phi) is 3.87. The van der Waals surface area contributed by atoms with Crippen LogP contribution in [0.5, 0.6) is 0 Å². The summed E-state index contributed by atoms with van der Waals surface area (Å²) in [6.45, 7) is 0. The first-order valence-electron chi connectivity index (χ1n) is 6.78. The number of carbonyl (C=O) groups excluding carboxylic acids is 1. The Morgan fingerprint density at radius 1 is 1.25 bits per heavy atom. The lowest BCUT2D eigenvalue weighted by atomic mass is 10.1. The van der Waals surface area contributed by atoms with Gasteiger partial charge in [-0.05, 0) is 37.5 Å². The minimum atomic E-state index is -0.199. The van der Waals surface area contributed by atoms with Crippen LogP contribution in [0.25, 0.3) is 0 Å². The summed E-state index contributed by atoms with van der Waals surface area (Å²) >= 11 is 3.39. The molecule has 0 aliphatic heterocycles. The lowest BCUT2D eigenvalue weighted by Crippen LogP contribution is -2.14. The number of carbonyl (C=O) groups is 1. The molecule has 0 atom stereocenters. The summed E-state index contributed by atoms with van der Waals surface area (Å²) in [6.07, 6.45) is 5.13. The minimum Gasteiger partial charge on any atom is -0.360 e. The predicted molar refractivity (Wildman–Crippen MR) is 79.9 cm³/mol. The molecule has 1 N–H and O–H groups in total. The number of hydrogen-bond acceptors (Lipinski definition) is 3. The molecular weight excluding hydrogens is 320 g/mol. The van der Waals surface area contributed by atoms with Gasteiger partial charge in [0.1, 0.15) is 5.76 Å². The highest BCUT2D eigenvalue weighted by Gasteiger charge is 2.23. The molecule has 20 heavy (non-hydrogen) atoms. The van der Waals surface area contributed by atoms with Gasteiger partial charge >= 0.3 is 0 Å². The fourth-order valence-corrected chi connectivity index (χ4v) is 2.90. The first-order chi connectivity index (χ1) is 9.74. The molecule has 3 rings (SSSR count). The van der Waals surface area contributed by atoms with Gasteiger partial charge in [-0.3, -0.25) is 4.79 Å². The van der Waals surface area contributed by atoms with Crippen LogP contribution in [0.1, 0.15) is 41.1 Å². The van der Waals surface area contributed by atoms with Crippen molar-refractivity contribution in [1.82, 2.24) is 5.16 Å². The Bertz CT molecular complexity index is 637. The molecule has 1 aliphatic rings. The molecule has 5 heteroatoms. The van der Waals surface area contributed by atoms with Gasteiger partial charge in [0.25, 0.3) is 5.91 Å². The number of halogens is 1. The molecular formula is C15H15BrN2O2. The number of aryl methyl sites for hydroxylation is 1. The highest BCUT2D eigenvalue weighted by atomic mass is 79.9. The fourth-order valence-electron chi connectivity index (χ4n) is 2.50. The number of benzene rings is 1. The summed E-state index contributed by atoms with van der Waals surface area (Å²) in [7, 11) is 0. The molecule has 104 valence electrons. The van der Waals surface area contributed by atoms with Crippen molar-refractivity contribution < 1.29 is 9.32 Å². The minimum absolute atomic E-state index is 0.199. The van der Waals surface area contributed by atoms with Crippen molar-refractivity contribution >= 4 is 27.5 Å². The maximum atomic E-state index is 12.3. The third-order valence-electron chi connectivity index (χ3n) is 3.50. The molecule has 0 unspecified atom stereocenters. The van der Waals surface area contributed by atoms with Gasteiger partial charge in [0.2, 0.25) is 0 Å². The van der Waals surface area contributed by atoms with E-state index in [1.165, 1.54) is 6.42 Å². The highest BCUT2D eigenvalue weighted by molar-refractivity contribution is 9.10. The van der Waals surface area contributed by atoms with Crippen molar-refractivity contribution in [2.45, 2.75) is 32.1 Å². The normalized spacial score (nSPS) is 14.4. The van der Waals surface area contributed by atoms with E-state index in [-0.39, 0.29) is 5.91 Å². The van der Waals surface area contributed by atoms with Crippen LogP contribution in [0.4, 0.5) is 5.69 Å². The summed E-state index contributed by atoms with van der Waals surface area (Å²) in [5.74, 6) is 0.678. The molecule has 0 saturated heterocycles. The first kappa shape index (κ1) is 13.4. The molecule has 0 saturated carbocycles. The van der Waals surface area contributed by atoms with Crippen molar-refractivity contribution in [2.75, 3.05) is 5.32 Å². The van der Waals surface area contributed by atoms with Gasteiger partial charge in [0.15, 0.2) is 5.69 Å². The highest BCUT2D eigenvalue weighted by Crippen LogP contribution is 2.24. The van der Waals surface area contributed by atoms with E-state index in [9.17, 15) is 4.79 Å². The van der Waals surface area contributed by atoms with Gasteiger partial charge < -0.3 is 9.84 Å². The molecule has 1 aromatic carbocycles. The fraction of sp³-hybridized carbons (Fsp3) is 0.333. The zero-order chi connectivity index (χ0) is 13.9. The van der Waals surface area contributed by atoms with Gasteiger partial charge in [0.05, 0.1) is 0 Å². The standard InChI is InChI=1S/C15H15BrN2O2/c16-10-5-4-6-11(9-10)17-15(19)14-12-7-2-1-3-8-13(12)20-18-14/h4-6,9H,1-3,7-8H2,(H,17,19). The first-order valence-corrected chi connectivity index (χ1v) is 7.57. The second-order valence-electron chi connectivity index (χ2n) is 4.96. The van der Waals surface area contributed by atoms with E-state index in [2.05, 4.69) is 26.4 Å². The van der Waals surface area contributed by atoms with E-state index in [0.717, 1.165) is 47.2 Å². The van der Waals surface area contributed by atoms with Gasteiger partial charge in [-0.15, -0.1) is 0 Å².